The van der Waals surface area contributed by atoms with Gasteiger partial charge in [0.25, 0.3) is 0 Å². The number of aliphatic hydroxyl groups excluding tert-OH is 2. The molecule has 0 bridgehead atoms. The van der Waals surface area contributed by atoms with E-state index in [0.29, 0.717) is 5.02 Å². The molecule has 1 aromatic heterocycles. The average Bonchev–Trinajstić information content (AvgIpc) is 2.57. The number of rotatable bonds is 5. The van der Waals surface area contributed by atoms with Crippen LogP contribution in [0.3, 0.4) is 0 Å². The molecule has 0 aliphatic carbocycles. The monoisotopic (exact) mass is 368 g/mol. The summed E-state index contributed by atoms with van der Waals surface area (Å²) in [6.07, 6.45) is -0.842. The average molecular weight is 369 g/mol. The molecule has 0 amide bonds. The van der Waals surface area contributed by atoms with Gasteiger partial charge in [0.05, 0.1) is 36.5 Å². The van der Waals surface area contributed by atoms with Crippen LogP contribution < -0.4 is 10.1 Å². The molecular formula is C17H18Cl2N2O3. The number of nitrogens with zero attached hydrogens (tertiary/aromatic N) is 1. The summed E-state index contributed by atoms with van der Waals surface area (Å²) in [5.41, 5.74) is 2.38. The van der Waals surface area contributed by atoms with Crippen LogP contribution in [0.25, 0.3) is 21.8 Å². The quantitative estimate of drug-likeness (QED) is 0.602. The van der Waals surface area contributed by atoms with Crippen molar-refractivity contribution >= 4 is 51.5 Å². The summed E-state index contributed by atoms with van der Waals surface area (Å²) in [7, 11) is 1.61. The molecule has 3 rings (SSSR count). The predicted octanol–water partition coefficient (Wildman–Crippen LogP) is 3.24. The van der Waals surface area contributed by atoms with Crippen molar-refractivity contribution in [2.24, 2.45) is 0 Å². The van der Waals surface area contributed by atoms with Gasteiger partial charge in [0.2, 0.25) is 0 Å². The fourth-order valence-corrected chi connectivity index (χ4v) is 2.66. The molecule has 0 radical (unpaired) electrons. The van der Waals surface area contributed by atoms with Crippen LogP contribution in [0.4, 0.5) is 5.69 Å². The Kier molecular flexibility index (Phi) is 6.07. The van der Waals surface area contributed by atoms with Gasteiger partial charge in [-0.15, -0.1) is 12.4 Å². The smallest absolute Gasteiger partial charge is 0.119 e. The Balaban J connectivity index is 0.00000208. The predicted molar refractivity (Wildman–Crippen MR) is 99.6 cm³/mol. The fourth-order valence-electron chi connectivity index (χ4n) is 2.50. The van der Waals surface area contributed by atoms with Crippen LogP contribution in [-0.2, 0) is 0 Å². The largest absolute Gasteiger partial charge is 0.497 e. The Hall–Kier alpha value is -1.79. The van der Waals surface area contributed by atoms with Crippen molar-refractivity contribution in [2.45, 2.75) is 6.10 Å². The first kappa shape index (κ1) is 18.5. The summed E-state index contributed by atoms with van der Waals surface area (Å²) in [5.74, 6) is 0.721. The van der Waals surface area contributed by atoms with E-state index < -0.39 is 6.10 Å². The van der Waals surface area contributed by atoms with E-state index in [9.17, 15) is 5.11 Å². The highest BCUT2D eigenvalue weighted by molar-refractivity contribution is 6.31. The maximum atomic E-state index is 9.63. The molecule has 5 nitrogen and oxygen atoms in total. The lowest BCUT2D eigenvalue weighted by molar-refractivity contribution is 0.105. The van der Waals surface area contributed by atoms with Crippen LogP contribution in [0, 0.1) is 0 Å². The summed E-state index contributed by atoms with van der Waals surface area (Å²) in [5, 5.41) is 24.2. The van der Waals surface area contributed by atoms with Crippen molar-refractivity contribution in [3.63, 3.8) is 0 Å². The van der Waals surface area contributed by atoms with Gasteiger partial charge in [-0.2, -0.15) is 0 Å². The van der Waals surface area contributed by atoms with Crippen molar-refractivity contribution < 1.29 is 14.9 Å². The number of aromatic nitrogens is 1. The van der Waals surface area contributed by atoms with Crippen LogP contribution in [0.2, 0.25) is 5.02 Å². The van der Waals surface area contributed by atoms with E-state index in [-0.39, 0.29) is 25.6 Å². The van der Waals surface area contributed by atoms with Gasteiger partial charge in [-0.05, 0) is 36.4 Å². The third-order valence-electron chi connectivity index (χ3n) is 3.67. The molecule has 3 aromatic rings. The van der Waals surface area contributed by atoms with E-state index in [1.165, 1.54) is 0 Å². The second-order valence-electron chi connectivity index (χ2n) is 5.25. The zero-order chi connectivity index (χ0) is 16.4. The first-order valence-electron chi connectivity index (χ1n) is 7.22. The van der Waals surface area contributed by atoms with E-state index >= 15 is 0 Å². The van der Waals surface area contributed by atoms with Crippen molar-refractivity contribution in [3.8, 4) is 5.75 Å². The minimum absolute atomic E-state index is 0. The van der Waals surface area contributed by atoms with E-state index in [0.717, 1.165) is 33.2 Å². The third kappa shape index (κ3) is 3.65. The summed E-state index contributed by atoms with van der Waals surface area (Å²) < 4.78 is 5.29. The number of hydrogen-bond acceptors (Lipinski definition) is 5. The Bertz CT molecular complexity index is 858. The zero-order valence-corrected chi connectivity index (χ0v) is 14.6. The van der Waals surface area contributed by atoms with Gasteiger partial charge in [0.1, 0.15) is 5.75 Å². The van der Waals surface area contributed by atoms with Crippen molar-refractivity contribution in [2.75, 3.05) is 25.6 Å². The number of methoxy groups -OCH3 is 1. The first-order valence-corrected chi connectivity index (χ1v) is 7.60. The second-order valence-corrected chi connectivity index (χ2v) is 5.69. The fraction of sp³-hybridized carbons (Fsp3) is 0.235. The van der Waals surface area contributed by atoms with Gasteiger partial charge in [0.15, 0.2) is 0 Å². The lowest BCUT2D eigenvalue weighted by Gasteiger charge is -2.16. The number of nitrogens with one attached hydrogen (secondary N) is 1. The summed E-state index contributed by atoms with van der Waals surface area (Å²) in [6, 6.07) is 11.1. The highest BCUT2D eigenvalue weighted by Gasteiger charge is 2.12. The molecule has 0 saturated carbocycles. The van der Waals surface area contributed by atoms with E-state index in [4.69, 9.17) is 21.4 Å². The number of benzene rings is 2. The Labute approximate surface area is 150 Å². The van der Waals surface area contributed by atoms with Crippen LogP contribution in [0.1, 0.15) is 0 Å². The number of ether oxygens (including phenoxy) is 1. The van der Waals surface area contributed by atoms with Crippen LogP contribution in [0.5, 0.6) is 5.75 Å². The normalized spacial score (nSPS) is 12.0. The van der Waals surface area contributed by atoms with Crippen LogP contribution >= 0.6 is 24.0 Å². The highest BCUT2D eigenvalue weighted by Crippen LogP contribution is 2.34. The molecule has 1 heterocycles. The van der Waals surface area contributed by atoms with Gasteiger partial charge in [0, 0.05) is 22.3 Å². The van der Waals surface area contributed by atoms with Crippen molar-refractivity contribution in [1.29, 1.82) is 0 Å². The van der Waals surface area contributed by atoms with Crippen molar-refractivity contribution in [1.82, 2.24) is 4.98 Å². The molecule has 0 aliphatic rings. The molecule has 0 aliphatic heterocycles. The maximum absolute atomic E-state index is 9.63. The molecule has 3 N–H and O–H groups in total. The Morgan fingerprint density at radius 3 is 2.67 bits per heavy atom. The van der Waals surface area contributed by atoms with Gasteiger partial charge in [-0.3, -0.25) is 0 Å². The number of aliphatic hydroxyl groups is 2. The van der Waals surface area contributed by atoms with E-state index in [1.807, 2.05) is 24.3 Å². The van der Waals surface area contributed by atoms with Gasteiger partial charge in [-0.1, -0.05) is 11.6 Å². The van der Waals surface area contributed by atoms with Gasteiger partial charge in [-0.25, -0.2) is 4.98 Å². The standard InChI is InChI=1S/C17H17ClN2O3.ClH/c1-23-12-3-5-15-14(7-12)17(19-8-11(22)9-21)13-4-2-10(18)6-16(13)20-15;/h2-7,11,21-22H,8-9H2,1H3,(H,19,20);1H. The minimum Gasteiger partial charge on any atom is -0.497 e. The molecule has 1 unspecified atom stereocenters. The van der Waals surface area contributed by atoms with E-state index in [1.54, 1.807) is 19.2 Å². The summed E-state index contributed by atoms with van der Waals surface area (Å²) in [6.45, 7) is -0.0757. The summed E-state index contributed by atoms with van der Waals surface area (Å²) in [4.78, 5) is 4.63. The molecule has 7 heteroatoms. The molecule has 0 spiro atoms. The lowest BCUT2D eigenvalue weighted by atomic mass is 10.1. The molecule has 1 atom stereocenters. The number of halogens is 2. The van der Waals surface area contributed by atoms with Gasteiger partial charge < -0.3 is 20.3 Å². The maximum Gasteiger partial charge on any atom is 0.119 e. The van der Waals surface area contributed by atoms with Crippen LogP contribution in [0.15, 0.2) is 36.4 Å². The molecular weight excluding hydrogens is 351 g/mol. The second kappa shape index (κ2) is 7.85. The Morgan fingerprint density at radius 1 is 1.17 bits per heavy atom. The van der Waals surface area contributed by atoms with E-state index in [2.05, 4.69) is 10.3 Å². The molecule has 24 heavy (non-hydrogen) atoms. The molecule has 128 valence electrons. The number of pyridine rings is 1. The molecule has 0 saturated heterocycles. The molecule has 2 aromatic carbocycles. The Morgan fingerprint density at radius 2 is 1.96 bits per heavy atom. The topological polar surface area (TPSA) is 74.6 Å². The first-order chi connectivity index (χ1) is 11.1. The molecule has 0 fully saturated rings. The van der Waals surface area contributed by atoms with Crippen LogP contribution in [-0.4, -0.2) is 41.6 Å². The zero-order valence-electron chi connectivity index (χ0n) is 13.0. The highest BCUT2D eigenvalue weighted by atomic mass is 35.5. The minimum atomic E-state index is -0.842. The lowest BCUT2D eigenvalue weighted by Crippen LogP contribution is -2.23. The van der Waals surface area contributed by atoms with Crippen molar-refractivity contribution in [3.05, 3.63) is 41.4 Å². The SMILES string of the molecule is COc1ccc2nc3cc(Cl)ccc3c(NCC(O)CO)c2c1.Cl. The van der Waals surface area contributed by atoms with Gasteiger partial charge >= 0.3 is 0 Å². The number of hydrogen-bond donors (Lipinski definition) is 3. The summed E-state index contributed by atoms with van der Waals surface area (Å²) >= 11 is 6.07. The number of anilines is 1. The number of fused-ring (bicyclic) bond motifs is 2. The third-order valence-corrected chi connectivity index (χ3v) is 3.90.